The van der Waals surface area contributed by atoms with Gasteiger partial charge in [0.2, 0.25) is 0 Å². The maximum absolute atomic E-state index is 8.84. The zero-order valence-corrected chi connectivity index (χ0v) is 10.8. The van der Waals surface area contributed by atoms with E-state index in [4.69, 9.17) is 14.7 Å². The lowest BCUT2D eigenvalue weighted by atomic mass is 10.2. The molecule has 1 N–H and O–H groups in total. The zero-order valence-electron chi connectivity index (χ0n) is 10.8. The minimum atomic E-state index is 0.379. The molecule has 3 rings (SSSR count). The summed E-state index contributed by atoms with van der Waals surface area (Å²) in [5.74, 6) is 2.11. The fourth-order valence-corrected chi connectivity index (χ4v) is 1.96. The van der Waals surface area contributed by atoms with Gasteiger partial charge in [-0.2, -0.15) is 5.26 Å². The van der Waals surface area contributed by atoms with Gasteiger partial charge in [0.25, 0.3) is 0 Å². The third-order valence-corrected chi connectivity index (χ3v) is 2.88. The Balaban J connectivity index is 1.84. The molecule has 2 aromatic rings. The number of nitrogens with one attached hydrogen (secondary N) is 1. The Bertz CT molecular complexity index is 664. The van der Waals surface area contributed by atoms with E-state index >= 15 is 0 Å². The van der Waals surface area contributed by atoms with Gasteiger partial charge in [0.1, 0.15) is 17.6 Å². The summed E-state index contributed by atoms with van der Waals surface area (Å²) in [6.45, 7) is 1.32. The van der Waals surface area contributed by atoms with Crippen molar-refractivity contribution in [2.45, 2.75) is 6.42 Å². The molecule has 0 saturated carbocycles. The highest BCUT2D eigenvalue weighted by Crippen LogP contribution is 2.33. The molecule has 1 aliphatic heterocycles. The summed E-state index contributed by atoms with van der Waals surface area (Å²) >= 11 is 0. The van der Waals surface area contributed by atoms with Crippen LogP contribution in [0.25, 0.3) is 0 Å². The van der Waals surface area contributed by atoms with E-state index in [1.807, 2.05) is 30.3 Å². The molecule has 0 bridgehead atoms. The van der Waals surface area contributed by atoms with Crippen LogP contribution >= 0.6 is 0 Å². The van der Waals surface area contributed by atoms with Crippen LogP contribution in [0, 0.1) is 11.3 Å². The summed E-state index contributed by atoms with van der Waals surface area (Å²) < 4.78 is 11.2. The number of hydrogen-bond donors (Lipinski definition) is 1. The number of hydrogen-bond acceptors (Lipinski definition) is 5. The Hall–Kier alpha value is -2.74. The molecule has 0 spiro atoms. The lowest BCUT2D eigenvalue weighted by molar-refractivity contribution is 0.297. The number of aromatic nitrogens is 1. The molecule has 0 atom stereocenters. The molecule has 0 radical (unpaired) electrons. The zero-order chi connectivity index (χ0) is 13.8. The normalized spacial score (nSPS) is 13.2. The predicted molar refractivity (Wildman–Crippen MR) is 74.3 cm³/mol. The summed E-state index contributed by atoms with van der Waals surface area (Å²) in [4.78, 5) is 4.17. The first-order valence-electron chi connectivity index (χ1n) is 6.39. The van der Waals surface area contributed by atoms with Crippen LogP contribution in [-0.2, 0) is 0 Å². The molecule has 1 aromatic heterocycles. The molecule has 0 aliphatic carbocycles. The molecule has 5 nitrogen and oxygen atoms in total. The second kappa shape index (κ2) is 5.49. The summed E-state index contributed by atoms with van der Waals surface area (Å²) in [6, 6.07) is 12.9. The Labute approximate surface area is 116 Å². The van der Waals surface area contributed by atoms with Crippen molar-refractivity contribution in [2.75, 3.05) is 18.5 Å². The first kappa shape index (κ1) is 12.3. The highest BCUT2D eigenvalue weighted by molar-refractivity contribution is 5.61. The highest BCUT2D eigenvalue weighted by atomic mass is 16.5. The molecule has 5 heteroatoms. The van der Waals surface area contributed by atoms with E-state index in [0.29, 0.717) is 24.7 Å². The number of nitrogens with zero attached hydrogens (tertiary/aromatic N) is 2. The lowest BCUT2D eigenvalue weighted by Crippen LogP contribution is -1.97. The molecule has 0 fully saturated rings. The van der Waals surface area contributed by atoms with Crippen molar-refractivity contribution in [3.05, 3.63) is 42.1 Å². The molecule has 0 amide bonds. The SMILES string of the molecule is N#Cc1cccc(Nc2ccc3c(c2)OCCCO3)n1. The van der Waals surface area contributed by atoms with E-state index in [2.05, 4.69) is 10.3 Å². The van der Waals surface area contributed by atoms with E-state index in [1.54, 1.807) is 12.1 Å². The highest BCUT2D eigenvalue weighted by Gasteiger charge is 2.10. The van der Waals surface area contributed by atoms with Crippen LogP contribution in [0.1, 0.15) is 12.1 Å². The van der Waals surface area contributed by atoms with E-state index < -0.39 is 0 Å². The van der Waals surface area contributed by atoms with Gasteiger partial charge in [0.15, 0.2) is 11.5 Å². The maximum atomic E-state index is 8.84. The quantitative estimate of drug-likeness (QED) is 0.906. The number of fused-ring (bicyclic) bond motifs is 1. The van der Waals surface area contributed by atoms with Crippen LogP contribution in [-0.4, -0.2) is 18.2 Å². The van der Waals surface area contributed by atoms with Gasteiger partial charge in [-0.05, 0) is 24.3 Å². The van der Waals surface area contributed by atoms with Crippen molar-refractivity contribution in [1.82, 2.24) is 4.98 Å². The average molecular weight is 267 g/mol. The summed E-state index contributed by atoms with van der Waals surface area (Å²) in [5, 5.41) is 12.0. The Morgan fingerprint density at radius 2 is 1.95 bits per heavy atom. The molecule has 0 unspecified atom stereocenters. The molecule has 0 saturated heterocycles. The van der Waals surface area contributed by atoms with E-state index in [1.165, 1.54) is 0 Å². The van der Waals surface area contributed by atoms with Crippen molar-refractivity contribution in [3.8, 4) is 17.6 Å². The van der Waals surface area contributed by atoms with Gasteiger partial charge in [-0.25, -0.2) is 4.98 Å². The largest absolute Gasteiger partial charge is 0.490 e. The van der Waals surface area contributed by atoms with Gasteiger partial charge in [-0.15, -0.1) is 0 Å². The maximum Gasteiger partial charge on any atom is 0.163 e. The van der Waals surface area contributed by atoms with Crippen LogP contribution in [0.4, 0.5) is 11.5 Å². The van der Waals surface area contributed by atoms with Crippen LogP contribution in [0.3, 0.4) is 0 Å². The molecule has 20 heavy (non-hydrogen) atoms. The average Bonchev–Trinajstić information content (AvgIpc) is 2.72. The Kier molecular flexibility index (Phi) is 3.38. The van der Waals surface area contributed by atoms with Crippen LogP contribution in [0.15, 0.2) is 36.4 Å². The first-order chi connectivity index (χ1) is 9.85. The number of pyridine rings is 1. The Morgan fingerprint density at radius 1 is 1.10 bits per heavy atom. The van der Waals surface area contributed by atoms with Crippen LogP contribution in [0.2, 0.25) is 0 Å². The summed E-state index contributed by atoms with van der Waals surface area (Å²) in [6.07, 6.45) is 0.878. The first-order valence-corrected chi connectivity index (χ1v) is 6.39. The predicted octanol–water partition coefficient (Wildman–Crippen LogP) is 2.86. The van der Waals surface area contributed by atoms with Gasteiger partial charge in [0, 0.05) is 18.2 Å². The van der Waals surface area contributed by atoms with Crippen molar-refractivity contribution < 1.29 is 9.47 Å². The standard InChI is InChI=1S/C15H13N3O2/c16-10-12-3-1-4-15(18-12)17-11-5-6-13-14(9-11)20-8-2-7-19-13/h1,3-6,9H,2,7-8H2,(H,17,18). The van der Waals surface area contributed by atoms with Crippen LogP contribution in [0.5, 0.6) is 11.5 Å². The second-order valence-corrected chi connectivity index (χ2v) is 4.36. The fraction of sp³-hybridized carbons (Fsp3) is 0.200. The molecule has 1 aliphatic rings. The molecule has 2 heterocycles. The van der Waals surface area contributed by atoms with Crippen molar-refractivity contribution in [3.63, 3.8) is 0 Å². The molecular formula is C15H13N3O2. The summed E-state index contributed by atoms with van der Waals surface area (Å²) in [5.41, 5.74) is 1.22. The number of ether oxygens (including phenoxy) is 2. The molecular weight excluding hydrogens is 254 g/mol. The van der Waals surface area contributed by atoms with Gasteiger partial charge in [-0.1, -0.05) is 6.07 Å². The van der Waals surface area contributed by atoms with E-state index in [0.717, 1.165) is 23.6 Å². The number of benzene rings is 1. The van der Waals surface area contributed by atoms with Crippen molar-refractivity contribution >= 4 is 11.5 Å². The van der Waals surface area contributed by atoms with Gasteiger partial charge in [0.05, 0.1) is 13.2 Å². The summed E-state index contributed by atoms with van der Waals surface area (Å²) in [7, 11) is 0. The number of anilines is 2. The van der Waals surface area contributed by atoms with Gasteiger partial charge < -0.3 is 14.8 Å². The Morgan fingerprint density at radius 3 is 2.80 bits per heavy atom. The second-order valence-electron chi connectivity index (χ2n) is 4.36. The van der Waals surface area contributed by atoms with Gasteiger partial charge >= 0.3 is 0 Å². The minimum Gasteiger partial charge on any atom is -0.490 e. The lowest BCUT2D eigenvalue weighted by Gasteiger charge is -2.10. The minimum absolute atomic E-state index is 0.379. The van der Waals surface area contributed by atoms with Crippen LogP contribution < -0.4 is 14.8 Å². The van der Waals surface area contributed by atoms with E-state index in [9.17, 15) is 0 Å². The van der Waals surface area contributed by atoms with Gasteiger partial charge in [-0.3, -0.25) is 0 Å². The molecule has 100 valence electrons. The van der Waals surface area contributed by atoms with E-state index in [-0.39, 0.29) is 0 Å². The van der Waals surface area contributed by atoms with Crippen molar-refractivity contribution in [1.29, 1.82) is 5.26 Å². The number of rotatable bonds is 2. The number of nitriles is 1. The topological polar surface area (TPSA) is 67.2 Å². The monoisotopic (exact) mass is 267 g/mol. The third-order valence-electron chi connectivity index (χ3n) is 2.88. The third kappa shape index (κ3) is 2.64. The van der Waals surface area contributed by atoms with Crippen molar-refractivity contribution in [2.24, 2.45) is 0 Å². The molecule has 1 aromatic carbocycles. The fourth-order valence-electron chi connectivity index (χ4n) is 1.96. The smallest absolute Gasteiger partial charge is 0.163 e.